The van der Waals surface area contributed by atoms with Crippen LogP contribution in [0.3, 0.4) is 0 Å². The van der Waals surface area contributed by atoms with E-state index < -0.39 is 0 Å². The molecule has 0 fully saturated rings. The smallest absolute Gasteiger partial charge is 2.00 e. The van der Waals surface area contributed by atoms with Crippen LogP contribution < -0.4 is 9.41 Å². The van der Waals surface area contributed by atoms with Gasteiger partial charge in [0, 0.05) is 0 Å². The third-order valence-electron chi connectivity index (χ3n) is 0. The van der Waals surface area contributed by atoms with E-state index in [1.165, 1.54) is 0 Å². The molecule has 0 atom stereocenters. The Morgan fingerprint density at radius 1 is 0.800 bits per heavy atom. The largest absolute Gasteiger partial charge is 4.00 e. The van der Waals surface area contributed by atoms with E-state index in [9.17, 15) is 0 Å². The van der Waals surface area contributed by atoms with E-state index in [2.05, 4.69) is 0 Å². The number of hydrogen-bond donors (Lipinski definition) is 0. The molecule has 0 aromatic heterocycles. The van der Waals surface area contributed by atoms with Crippen molar-refractivity contribution in [1.29, 1.82) is 0 Å². The first-order valence-corrected chi connectivity index (χ1v) is 0. The summed E-state index contributed by atoms with van der Waals surface area (Å²) >= 11 is 0. The SMILES string of the molecule is O.[F-].[F-].[Hf+4].[O-2]. The van der Waals surface area contributed by atoms with E-state index in [1.807, 2.05) is 0 Å². The first-order valence-electron chi connectivity index (χ1n) is 0. The second-order valence-corrected chi connectivity index (χ2v) is 0. The zero-order valence-corrected chi connectivity index (χ0v) is 5.76. The van der Waals surface area contributed by atoms with Crippen molar-refractivity contribution in [3.63, 3.8) is 0 Å². The zero-order chi connectivity index (χ0) is 0. The molecular formula is H2F2HfO2. The van der Waals surface area contributed by atoms with E-state index in [0.29, 0.717) is 0 Å². The zero-order valence-electron chi connectivity index (χ0n) is 2.16. The van der Waals surface area contributed by atoms with Gasteiger partial charge in [0.15, 0.2) is 0 Å². The standard InChI is InChI=1S/2FH.Hf.H2O.O/h2*1H;;1H2;/q;;+4;;-2/p-2. The molecule has 5 heavy (non-hydrogen) atoms. The predicted octanol–water partition coefficient (Wildman–Crippen LogP) is -6.94. The van der Waals surface area contributed by atoms with Crippen LogP contribution in [-0.2, 0) is 31.3 Å². The van der Waals surface area contributed by atoms with Crippen molar-refractivity contribution in [1.82, 2.24) is 0 Å². The molecule has 0 bridgehead atoms. The molecule has 0 rings (SSSR count). The fourth-order valence-electron chi connectivity index (χ4n) is 0. The van der Waals surface area contributed by atoms with Crippen molar-refractivity contribution in [3.8, 4) is 0 Å². The minimum absolute atomic E-state index is 0. The molecule has 0 aliphatic heterocycles. The van der Waals surface area contributed by atoms with Crippen LogP contribution >= 0.6 is 0 Å². The van der Waals surface area contributed by atoms with Gasteiger partial charge in [0.1, 0.15) is 0 Å². The minimum Gasteiger partial charge on any atom is -2.00 e. The molecule has 0 unspecified atom stereocenters. The summed E-state index contributed by atoms with van der Waals surface area (Å²) in [7, 11) is 0. The predicted molar refractivity (Wildman–Crippen MR) is 4.30 cm³/mol. The first-order chi connectivity index (χ1) is 0. The Labute approximate surface area is 46.7 Å². The molecule has 0 amide bonds. The van der Waals surface area contributed by atoms with Crippen molar-refractivity contribution < 1.29 is 46.2 Å². The third kappa shape index (κ3) is 77.3. The van der Waals surface area contributed by atoms with Crippen LogP contribution in [-0.4, -0.2) is 5.48 Å². The topological polar surface area (TPSA) is 60.0 Å². The van der Waals surface area contributed by atoms with Gasteiger partial charge < -0.3 is 20.4 Å². The molecule has 0 spiro atoms. The fraction of sp³-hybridized carbons (Fsp3) is 0. The van der Waals surface area contributed by atoms with Crippen molar-refractivity contribution in [3.05, 3.63) is 0 Å². The number of halogens is 2. The van der Waals surface area contributed by atoms with Gasteiger partial charge in [0.2, 0.25) is 0 Å². The van der Waals surface area contributed by atoms with Gasteiger partial charge in [-0.3, -0.25) is 0 Å². The van der Waals surface area contributed by atoms with Crippen molar-refractivity contribution >= 4 is 0 Å². The van der Waals surface area contributed by atoms with Gasteiger partial charge in [0.05, 0.1) is 0 Å². The molecular weight excluding hydrogens is 248 g/mol. The maximum Gasteiger partial charge on any atom is 4.00 e. The molecule has 2 N–H and O–H groups in total. The molecule has 0 saturated heterocycles. The van der Waals surface area contributed by atoms with Gasteiger partial charge in [-0.25, -0.2) is 0 Å². The van der Waals surface area contributed by atoms with Crippen LogP contribution in [0.4, 0.5) is 0 Å². The average molecular weight is 251 g/mol. The second kappa shape index (κ2) is 147. The number of hydrogen-bond acceptors (Lipinski definition) is 0. The van der Waals surface area contributed by atoms with Gasteiger partial charge >= 0.3 is 25.8 Å². The summed E-state index contributed by atoms with van der Waals surface area (Å²) in [5, 5.41) is 0. The normalized spacial score (nSPS) is 0. The summed E-state index contributed by atoms with van der Waals surface area (Å²) in [6, 6.07) is 0. The van der Waals surface area contributed by atoms with Crippen molar-refractivity contribution in [2.75, 3.05) is 0 Å². The summed E-state index contributed by atoms with van der Waals surface area (Å²) in [6.45, 7) is 0. The summed E-state index contributed by atoms with van der Waals surface area (Å²) < 4.78 is 0. The molecule has 5 heteroatoms. The Balaban J connectivity index is 0. The van der Waals surface area contributed by atoms with Crippen LogP contribution in [0.1, 0.15) is 0 Å². The average Bonchev–Trinajstić information content (AvgIpc) is 0. The van der Waals surface area contributed by atoms with E-state index in [4.69, 9.17) is 0 Å². The Kier molecular flexibility index (Phi) is 8470. The molecule has 0 saturated carbocycles. The maximum absolute atomic E-state index is 0. The monoisotopic (exact) mass is 252 g/mol. The van der Waals surface area contributed by atoms with Crippen LogP contribution in [0.5, 0.6) is 0 Å². The Bertz CT molecular complexity index is 7.61. The Morgan fingerprint density at radius 3 is 0.800 bits per heavy atom. The van der Waals surface area contributed by atoms with Gasteiger partial charge in [-0.05, 0) is 0 Å². The molecule has 0 heterocycles. The fourth-order valence-corrected chi connectivity index (χ4v) is 0. The Morgan fingerprint density at radius 2 is 0.800 bits per heavy atom. The molecule has 0 aliphatic rings. The van der Waals surface area contributed by atoms with Gasteiger partial charge in [-0.1, -0.05) is 0 Å². The van der Waals surface area contributed by atoms with Crippen molar-refractivity contribution in [2.45, 2.75) is 0 Å². The molecule has 2 nitrogen and oxygen atoms in total. The van der Waals surface area contributed by atoms with Crippen LogP contribution in [0.25, 0.3) is 0 Å². The van der Waals surface area contributed by atoms with E-state index in [-0.39, 0.29) is 46.2 Å². The Hall–Kier alpha value is 0.650. The van der Waals surface area contributed by atoms with Gasteiger partial charge in [0.25, 0.3) is 0 Å². The maximum atomic E-state index is 0. The second-order valence-electron chi connectivity index (χ2n) is 0. The van der Waals surface area contributed by atoms with Crippen LogP contribution in [0.15, 0.2) is 0 Å². The summed E-state index contributed by atoms with van der Waals surface area (Å²) in [5.41, 5.74) is 0. The van der Waals surface area contributed by atoms with Gasteiger partial charge in [-0.2, -0.15) is 0 Å². The van der Waals surface area contributed by atoms with Crippen LogP contribution in [0, 0.1) is 0 Å². The summed E-state index contributed by atoms with van der Waals surface area (Å²) in [4.78, 5) is 0. The molecule has 0 aromatic carbocycles. The number of rotatable bonds is 0. The molecule has 0 aliphatic carbocycles. The van der Waals surface area contributed by atoms with E-state index in [1.54, 1.807) is 0 Å². The molecule has 32 valence electrons. The van der Waals surface area contributed by atoms with Crippen LogP contribution in [0.2, 0.25) is 0 Å². The minimum atomic E-state index is 0. The molecule has 0 aromatic rings. The van der Waals surface area contributed by atoms with Crippen molar-refractivity contribution in [2.24, 2.45) is 0 Å². The first kappa shape index (κ1) is 289. The van der Waals surface area contributed by atoms with E-state index in [0.717, 1.165) is 0 Å². The quantitative estimate of drug-likeness (QED) is 0.384. The summed E-state index contributed by atoms with van der Waals surface area (Å²) in [6.07, 6.45) is 0. The summed E-state index contributed by atoms with van der Waals surface area (Å²) in [5.74, 6) is 0. The third-order valence-corrected chi connectivity index (χ3v) is 0. The molecule has 0 radical (unpaired) electrons. The van der Waals surface area contributed by atoms with E-state index >= 15 is 0 Å². The van der Waals surface area contributed by atoms with Gasteiger partial charge in [-0.15, -0.1) is 0 Å².